The number of nitrogens with zero attached hydrogens (tertiary/aromatic N) is 2. The van der Waals surface area contributed by atoms with Crippen LogP contribution in [0.15, 0.2) is 35.3 Å². The van der Waals surface area contributed by atoms with E-state index in [1.54, 1.807) is 16.7 Å². The van der Waals surface area contributed by atoms with E-state index < -0.39 is 0 Å². The zero-order valence-electron chi connectivity index (χ0n) is 11.6. The molecule has 20 heavy (non-hydrogen) atoms. The molecule has 3 rings (SSSR count). The van der Waals surface area contributed by atoms with Crippen molar-refractivity contribution in [3.63, 3.8) is 0 Å². The summed E-state index contributed by atoms with van der Waals surface area (Å²) >= 11 is 1.73. The number of carbonyl (C=O) groups is 1. The van der Waals surface area contributed by atoms with Gasteiger partial charge in [0.1, 0.15) is 6.04 Å². The van der Waals surface area contributed by atoms with E-state index >= 15 is 0 Å². The Bertz CT molecular complexity index is 517. The van der Waals surface area contributed by atoms with E-state index in [-0.39, 0.29) is 11.9 Å². The third-order valence-corrected chi connectivity index (χ3v) is 4.81. The molecule has 2 unspecified atom stereocenters. The number of carbonyl (C=O) groups excluding carboxylic acids is 1. The average molecular weight is 289 g/mol. The molecule has 1 N–H and O–H groups in total. The Kier molecular flexibility index (Phi) is 3.96. The summed E-state index contributed by atoms with van der Waals surface area (Å²) in [4.78, 5) is 18.2. The highest BCUT2D eigenvalue weighted by Gasteiger charge is 2.30. The van der Waals surface area contributed by atoms with E-state index in [9.17, 15) is 4.79 Å². The van der Waals surface area contributed by atoms with E-state index in [2.05, 4.69) is 34.6 Å². The van der Waals surface area contributed by atoms with Gasteiger partial charge in [0.15, 0.2) is 5.17 Å². The summed E-state index contributed by atoms with van der Waals surface area (Å²) in [6, 6.07) is 10.7. The number of amidine groups is 1. The maximum absolute atomic E-state index is 11.8. The Hall–Kier alpha value is -1.49. The minimum Gasteiger partial charge on any atom is -0.361 e. The van der Waals surface area contributed by atoms with Crippen molar-refractivity contribution < 1.29 is 4.79 Å². The van der Waals surface area contributed by atoms with Crippen LogP contribution in [-0.4, -0.2) is 47.4 Å². The predicted octanol–water partition coefficient (Wildman–Crippen LogP) is 1.52. The molecule has 2 aliphatic heterocycles. The van der Waals surface area contributed by atoms with Gasteiger partial charge >= 0.3 is 0 Å². The first kappa shape index (κ1) is 13.5. The largest absolute Gasteiger partial charge is 0.361 e. The van der Waals surface area contributed by atoms with Crippen LogP contribution in [0.3, 0.4) is 0 Å². The van der Waals surface area contributed by atoms with Gasteiger partial charge in [-0.1, -0.05) is 42.1 Å². The zero-order chi connectivity index (χ0) is 13.9. The lowest BCUT2D eigenvalue weighted by atomic mass is 10.1. The molecule has 0 aliphatic carbocycles. The highest BCUT2D eigenvalue weighted by molar-refractivity contribution is 8.14. The molecule has 1 amide bonds. The number of likely N-dealkylation sites (tertiary alicyclic amines) is 1. The smallest absolute Gasteiger partial charge is 0.247 e. The van der Waals surface area contributed by atoms with Crippen LogP contribution in [0, 0.1) is 0 Å². The average Bonchev–Trinajstić information content (AvgIpc) is 3.02. The Labute approximate surface area is 123 Å². The van der Waals surface area contributed by atoms with Crippen molar-refractivity contribution in [2.45, 2.75) is 24.9 Å². The molecular formula is C15H19N3OS. The van der Waals surface area contributed by atoms with Gasteiger partial charge in [0.2, 0.25) is 5.91 Å². The normalized spacial score (nSPS) is 28.1. The number of hydrogen-bond acceptors (Lipinski definition) is 3. The maximum atomic E-state index is 11.8. The Morgan fingerprint density at radius 1 is 1.40 bits per heavy atom. The fourth-order valence-electron chi connectivity index (χ4n) is 2.59. The predicted molar refractivity (Wildman–Crippen MR) is 83.0 cm³/mol. The summed E-state index contributed by atoms with van der Waals surface area (Å²) < 4.78 is 0. The number of benzene rings is 1. The van der Waals surface area contributed by atoms with Gasteiger partial charge < -0.3 is 10.2 Å². The van der Waals surface area contributed by atoms with Crippen molar-refractivity contribution in [2.24, 2.45) is 4.99 Å². The van der Waals surface area contributed by atoms with Gasteiger partial charge in [-0.15, -0.1) is 0 Å². The molecule has 106 valence electrons. The topological polar surface area (TPSA) is 44.7 Å². The lowest BCUT2D eigenvalue weighted by Gasteiger charge is -2.10. The van der Waals surface area contributed by atoms with E-state index in [4.69, 9.17) is 0 Å². The van der Waals surface area contributed by atoms with Crippen LogP contribution in [-0.2, 0) is 11.2 Å². The Morgan fingerprint density at radius 3 is 2.90 bits per heavy atom. The number of nitrogens with one attached hydrogen (secondary N) is 1. The summed E-state index contributed by atoms with van der Waals surface area (Å²) in [5.41, 5.74) is 1.34. The van der Waals surface area contributed by atoms with Crippen molar-refractivity contribution in [2.75, 3.05) is 19.3 Å². The molecular weight excluding hydrogens is 270 g/mol. The number of amides is 1. The molecule has 0 aromatic heterocycles. The van der Waals surface area contributed by atoms with Gasteiger partial charge in [0.25, 0.3) is 0 Å². The van der Waals surface area contributed by atoms with Crippen LogP contribution in [0.2, 0.25) is 0 Å². The number of hydrogen-bond donors (Lipinski definition) is 1. The minimum absolute atomic E-state index is 0.145. The van der Waals surface area contributed by atoms with Crippen LogP contribution < -0.4 is 5.32 Å². The number of thioether (sulfide) groups is 1. The quantitative estimate of drug-likeness (QED) is 0.917. The maximum Gasteiger partial charge on any atom is 0.247 e. The first-order valence-corrected chi connectivity index (χ1v) is 7.97. The Morgan fingerprint density at radius 2 is 2.20 bits per heavy atom. The third-order valence-electron chi connectivity index (χ3n) is 3.75. The second-order valence-electron chi connectivity index (χ2n) is 5.34. The second-order valence-corrected chi connectivity index (χ2v) is 6.35. The summed E-state index contributed by atoms with van der Waals surface area (Å²) in [5.74, 6) is 1.16. The molecule has 2 atom stereocenters. The van der Waals surface area contributed by atoms with Crippen LogP contribution in [0.1, 0.15) is 12.0 Å². The van der Waals surface area contributed by atoms with Crippen molar-refractivity contribution in [1.29, 1.82) is 0 Å². The van der Waals surface area contributed by atoms with Crippen molar-refractivity contribution in [3.05, 3.63) is 35.9 Å². The highest BCUT2D eigenvalue weighted by Crippen LogP contribution is 2.20. The van der Waals surface area contributed by atoms with Crippen LogP contribution in [0.4, 0.5) is 0 Å². The van der Waals surface area contributed by atoms with Gasteiger partial charge in [-0.3, -0.25) is 4.79 Å². The fraction of sp³-hybridized carbons (Fsp3) is 0.467. The van der Waals surface area contributed by atoms with Crippen LogP contribution in [0.5, 0.6) is 0 Å². The molecule has 2 saturated heterocycles. The summed E-state index contributed by atoms with van der Waals surface area (Å²) in [7, 11) is 1.84. The lowest BCUT2D eigenvalue weighted by molar-refractivity contribution is -0.127. The highest BCUT2D eigenvalue weighted by atomic mass is 32.2. The fourth-order valence-corrected chi connectivity index (χ4v) is 3.60. The monoisotopic (exact) mass is 289 g/mol. The molecule has 1 aromatic carbocycles. The molecule has 2 aliphatic rings. The first-order chi connectivity index (χ1) is 9.72. The molecule has 0 radical (unpaired) electrons. The number of likely N-dealkylation sites (N-methyl/N-ethyl adjacent to an activating group) is 1. The van der Waals surface area contributed by atoms with Crippen molar-refractivity contribution in [3.8, 4) is 0 Å². The van der Waals surface area contributed by atoms with Crippen LogP contribution in [0.25, 0.3) is 0 Å². The van der Waals surface area contributed by atoms with Crippen molar-refractivity contribution in [1.82, 2.24) is 10.2 Å². The number of aliphatic imine (C=N–C) groups is 1. The van der Waals surface area contributed by atoms with Crippen molar-refractivity contribution >= 4 is 22.8 Å². The van der Waals surface area contributed by atoms with Gasteiger partial charge in [-0.05, 0) is 18.4 Å². The van der Waals surface area contributed by atoms with E-state index in [0.717, 1.165) is 30.3 Å². The Balaban J connectivity index is 1.58. The summed E-state index contributed by atoms with van der Waals surface area (Å²) in [6.07, 6.45) is 1.84. The molecule has 0 saturated carbocycles. The molecule has 2 fully saturated rings. The zero-order valence-corrected chi connectivity index (χ0v) is 12.4. The van der Waals surface area contributed by atoms with E-state index in [1.807, 2.05) is 13.1 Å². The molecule has 2 heterocycles. The number of rotatable bonds is 3. The molecule has 5 heteroatoms. The molecule has 0 spiro atoms. The van der Waals surface area contributed by atoms with Gasteiger partial charge in [0.05, 0.1) is 0 Å². The first-order valence-electron chi connectivity index (χ1n) is 6.98. The standard InChI is InChI=1S/C15H19N3OS/c1-18-8-7-13(14(18)19)17-15-16-12(10-20-15)9-11-5-3-2-4-6-11/h2-6,12-13H,7-10H2,1H3,(H,16,17). The second kappa shape index (κ2) is 5.87. The van der Waals surface area contributed by atoms with Gasteiger partial charge in [0, 0.05) is 25.4 Å². The molecule has 1 aromatic rings. The third kappa shape index (κ3) is 2.98. The molecule has 0 bridgehead atoms. The van der Waals surface area contributed by atoms with Gasteiger partial charge in [-0.2, -0.15) is 0 Å². The SMILES string of the molecule is CN1CCC(N=C2NC(Cc3ccccc3)CS2)C1=O. The lowest BCUT2D eigenvalue weighted by Crippen LogP contribution is -2.31. The minimum atomic E-state index is -0.175. The van der Waals surface area contributed by atoms with E-state index in [1.165, 1.54) is 5.56 Å². The molecule has 4 nitrogen and oxygen atoms in total. The van der Waals surface area contributed by atoms with Crippen LogP contribution >= 0.6 is 11.8 Å². The summed E-state index contributed by atoms with van der Waals surface area (Å²) in [6.45, 7) is 0.818. The van der Waals surface area contributed by atoms with Gasteiger partial charge in [-0.25, -0.2) is 4.99 Å². The summed E-state index contributed by atoms with van der Waals surface area (Å²) in [5, 5.41) is 4.37. The van der Waals surface area contributed by atoms with E-state index in [0.29, 0.717) is 6.04 Å².